The standard InChI is InChI=1S/C25H27FN8O2/c1-15-3-4-16(23-29-31-34(30-23)18-11-25(2,26)12-18)9-21(15)28-24(36)20-13-27-33-8-5-17(10-22(20)33)32-7-6-19(35)14-32/h3-5,8-10,13,18-19,35H,6-7,11-12,14H2,1-2H3,(H,28,36)/t18?,19-,25?/m1/s1. The summed E-state index contributed by atoms with van der Waals surface area (Å²) in [5, 5.41) is 29.9. The van der Waals surface area contributed by atoms with Gasteiger partial charge in [0.25, 0.3) is 5.91 Å². The first-order chi connectivity index (χ1) is 17.3. The van der Waals surface area contributed by atoms with E-state index in [4.69, 9.17) is 0 Å². The molecule has 1 aromatic carbocycles. The molecule has 2 N–H and O–H groups in total. The monoisotopic (exact) mass is 490 g/mol. The number of alkyl halides is 1. The van der Waals surface area contributed by atoms with Crippen LogP contribution in [0.25, 0.3) is 16.9 Å². The number of hydrogen-bond acceptors (Lipinski definition) is 7. The SMILES string of the molecule is Cc1ccc(-c2nnn(C3CC(C)(F)C3)n2)cc1NC(=O)c1cnn2ccc(N3CC[C@@H](O)C3)cc12. The number of carbonyl (C=O) groups excluding carboxylic acids is 1. The Bertz CT molecular complexity index is 1450. The Labute approximate surface area is 206 Å². The summed E-state index contributed by atoms with van der Waals surface area (Å²) in [7, 11) is 0. The van der Waals surface area contributed by atoms with Crippen LogP contribution in [0, 0.1) is 6.92 Å². The van der Waals surface area contributed by atoms with Gasteiger partial charge in [-0.15, -0.1) is 10.2 Å². The summed E-state index contributed by atoms with van der Waals surface area (Å²) < 4.78 is 15.5. The number of nitrogens with one attached hydrogen (secondary N) is 1. The minimum atomic E-state index is -1.17. The van der Waals surface area contributed by atoms with E-state index >= 15 is 0 Å². The molecule has 0 unspecified atom stereocenters. The Hall–Kier alpha value is -3.86. The number of aromatic nitrogens is 6. The van der Waals surface area contributed by atoms with Crippen molar-refractivity contribution in [3.8, 4) is 11.4 Å². The third kappa shape index (κ3) is 4.09. The molecule has 10 nitrogen and oxygen atoms in total. The molecule has 0 spiro atoms. The summed E-state index contributed by atoms with van der Waals surface area (Å²) in [4.78, 5) is 16.9. The van der Waals surface area contributed by atoms with Gasteiger partial charge in [-0.1, -0.05) is 12.1 Å². The fourth-order valence-electron chi connectivity index (χ4n) is 4.98. The van der Waals surface area contributed by atoms with Gasteiger partial charge in [0.05, 0.1) is 29.4 Å². The zero-order valence-corrected chi connectivity index (χ0v) is 20.1. The van der Waals surface area contributed by atoms with Crippen molar-refractivity contribution < 1.29 is 14.3 Å². The molecular formula is C25H27FN8O2. The third-order valence-electron chi connectivity index (χ3n) is 7.10. The maximum atomic E-state index is 13.9. The zero-order valence-electron chi connectivity index (χ0n) is 20.1. The summed E-state index contributed by atoms with van der Waals surface area (Å²) in [6.07, 6.45) is 4.51. The Morgan fingerprint density at radius 2 is 2.08 bits per heavy atom. The number of fused-ring (bicyclic) bond motifs is 1. The normalized spacial score (nSPS) is 23.7. The molecule has 1 aliphatic heterocycles. The molecule has 0 radical (unpaired) electrons. The van der Waals surface area contributed by atoms with Gasteiger partial charge in [0.1, 0.15) is 5.67 Å². The number of aliphatic hydroxyl groups is 1. The van der Waals surface area contributed by atoms with E-state index < -0.39 is 5.67 Å². The van der Waals surface area contributed by atoms with Crippen LogP contribution in [0.3, 0.4) is 0 Å². The van der Waals surface area contributed by atoms with E-state index in [0.717, 1.165) is 24.2 Å². The average molecular weight is 491 g/mol. The second-order valence-electron chi connectivity index (χ2n) is 10.1. The highest BCUT2D eigenvalue weighted by molar-refractivity contribution is 6.09. The van der Waals surface area contributed by atoms with Crippen LogP contribution in [0.4, 0.5) is 15.8 Å². The van der Waals surface area contributed by atoms with E-state index in [1.165, 1.54) is 4.80 Å². The zero-order chi connectivity index (χ0) is 25.0. The molecular weight excluding hydrogens is 463 g/mol. The summed E-state index contributed by atoms with van der Waals surface area (Å²) in [6.45, 7) is 4.83. The van der Waals surface area contributed by atoms with Gasteiger partial charge < -0.3 is 15.3 Å². The Balaban J connectivity index is 1.23. The van der Waals surface area contributed by atoms with Crippen LogP contribution in [-0.4, -0.2) is 65.7 Å². The minimum absolute atomic E-state index is 0.0878. The average Bonchev–Trinajstić information content (AvgIpc) is 3.58. The third-order valence-corrected chi connectivity index (χ3v) is 7.10. The van der Waals surface area contributed by atoms with Crippen molar-refractivity contribution in [3.63, 3.8) is 0 Å². The number of amides is 1. The number of anilines is 2. The van der Waals surface area contributed by atoms with Crippen molar-refractivity contribution in [3.05, 3.63) is 53.9 Å². The highest BCUT2D eigenvalue weighted by Gasteiger charge is 2.43. The second-order valence-corrected chi connectivity index (χ2v) is 10.1. The fourth-order valence-corrected chi connectivity index (χ4v) is 4.98. The number of hydrogen-bond donors (Lipinski definition) is 2. The van der Waals surface area contributed by atoms with Crippen molar-refractivity contribution in [1.82, 2.24) is 29.8 Å². The van der Waals surface area contributed by atoms with Crippen molar-refractivity contribution in [1.29, 1.82) is 0 Å². The number of halogens is 1. The second kappa shape index (κ2) is 8.37. The smallest absolute Gasteiger partial charge is 0.259 e. The maximum Gasteiger partial charge on any atom is 0.259 e. The molecule has 1 aliphatic carbocycles. The van der Waals surface area contributed by atoms with Gasteiger partial charge in [0, 0.05) is 49.1 Å². The fraction of sp³-hybridized carbons (Fsp3) is 0.400. The Kier molecular flexibility index (Phi) is 5.25. The van der Waals surface area contributed by atoms with E-state index in [0.29, 0.717) is 47.5 Å². The lowest BCUT2D eigenvalue weighted by Gasteiger charge is -2.37. The molecule has 2 aliphatic rings. The van der Waals surface area contributed by atoms with E-state index in [1.807, 2.05) is 43.5 Å². The molecule has 2 fully saturated rings. The lowest BCUT2D eigenvalue weighted by atomic mass is 9.79. The Morgan fingerprint density at radius 3 is 2.83 bits per heavy atom. The van der Waals surface area contributed by atoms with Crippen LogP contribution in [0.1, 0.15) is 48.1 Å². The molecule has 4 heterocycles. The number of benzene rings is 1. The van der Waals surface area contributed by atoms with E-state index in [2.05, 4.69) is 30.7 Å². The lowest BCUT2D eigenvalue weighted by molar-refractivity contribution is 0.0192. The molecule has 0 bridgehead atoms. The number of carbonyl (C=O) groups is 1. The maximum absolute atomic E-state index is 13.9. The predicted octanol–water partition coefficient (Wildman–Crippen LogP) is 3.18. The summed E-state index contributed by atoms with van der Waals surface area (Å²) in [5.74, 6) is 0.142. The van der Waals surface area contributed by atoms with Crippen molar-refractivity contribution in [2.45, 2.75) is 50.9 Å². The topological polar surface area (TPSA) is 113 Å². The van der Waals surface area contributed by atoms with Crippen LogP contribution in [0.2, 0.25) is 0 Å². The predicted molar refractivity (Wildman–Crippen MR) is 132 cm³/mol. The number of rotatable bonds is 5. The van der Waals surface area contributed by atoms with Gasteiger partial charge in [-0.25, -0.2) is 8.91 Å². The van der Waals surface area contributed by atoms with Crippen LogP contribution in [0.5, 0.6) is 0 Å². The number of β-amino-alcohol motifs (C(OH)–C–C–N with tert-alkyl or cyclic N) is 1. The van der Waals surface area contributed by atoms with Gasteiger partial charge in [0.2, 0.25) is 5.82 Å². The van der Waals surface area contributed by atoms with Crippen LogP contribution < -0.4 is 10.2 Å². The molecule has 36 heavy (non-hydrogen) atoms. The molecule has 11 heteroatoms. The van der Waals surface area contributed by atoms with Crippen molar-refractivity contribution in [2.75, 3.05) is 23.3 Å². The molecule has 1 atom stereocenters. The largest absolute Gasteiger partial charge is 0.391 e. The Morgan fingerprint density at radius 1 is 1.25 bits per heavy atom. The first-order valence-corrected chi connectivity index (χ1v) is 12.1. The van der Waals surface area contributed by atoms with E-state index in [1.54, 1.807) is 17.6 Å². The number of pyridine rings is 1. The number of aryl methyl sites for hydroxylation is 1. The minimum Gasteiger partial charge on any atom is -0.391 e. The van der Waals surface area contributed by atoms with Crippen molar-refractivity contribution in [2.24, 2.45) is 0 Å². The van der Waals surface area contributed by atoms with E-state index in [-0.39, 0.29) is 18.1 Å². The number of tetrazole rings is 1. The molecule has 4 aromatic rings. The van der Waals surface area contributed by atoms with E-state index in [9.17, 15) is 14.3 Å². The van der Waals surface area contributed by atoms with Gasteiger partial charge in [-0.3, -0.25) is 4.79 Å². The highest BCUT2D eigenvalue weighted by atomic mass is 19.1. The summed E-state index contributed by atoms with van der Waals surface area (Å²) >= 11 is 0. The van der Waals surface area contributed by atoms with Crippen LogP contribution in [-0.2, 0) is 0 Å². The van der Waals surface area contributed by atoms with Gasteiger partial charge in [0.15, 0.2) is 0 Å². The van der Waals surface area contributed by atoms with Gasteiger partial charge >= 0.3 is 0 Å². The molecule has 3 aromatic heterocycles. The quantitative estimate of drug-likeness (QED) is 0.442. The number of aliphatic hydroxyl groups excluding tert-OH is 1. The molecule has 1 saturated carbocycles. The first-order valence-electron chi connectivity index (χ1n) is 12.1. The molecule has 1 amide bonds. The number of nitrogens with zero attached hydrogens (tertiary/aromatic N) is 7. The summed E-state index contributed by atoms with van der Waals surface area (Å²) in [5.41, 5.74) is 3.13. The molecule has 6 rings (SSSR count). The van der Waals surface area contributed by atoms with Gasteiger partial charge in [-0.05, 0) is 49.2 Å². The van der Waals surface area contributed by atoms with Crippen LogP contribution in [0.15, 0.2) is 42.7 Å². The van der Waals surface area contributed by atoms with Crippen molar-refractivity contribution >= 4 is 22.8 Å². The molecule has 1 saturated heterocycles. The summed E-state index contributed by atoms with van der Waals surface area (Å²) in [6, 6.07) is 9.35. The first kappa shape index (κ1) is 22.6. The van der Waals surface area contributed by atoms with Crippen LogP contribution >= 0.6 is 0 Å². The lowest BCUT2D eigenvalue weighted by Crippen LogP contribution is -2.39. The van der Waals surface area contributed by atoms with Gasteiger partial charge in [-0.2, -0.15) is 9.90 Å². The highest BCUT2D eigenvalue weighted by Crippen LogP contribution is 2.43. The molecule has 186 valence electrons.